The van der Waals surface area contributed by atoms with Gasteiger partial charge in [-0.1, -0.05) is 26.0 Å². The molecule has 1 N–H and O–H groups in total. The number of aliphatic hydroxyl groups excluding tert-OH is 1. The summed E-state index contributed by atoms with van der Waals surface area (Å²) in [5.41, 5.74) is 5.66. The summed E-state index contributed by atoms with van der Waals surface area (Å²) in [7, 11) is -0.548. The van der Waals surface area contributed by atoms with Crippen LogP contribution in [0.5, 0.6) is 0 Å². The molecular weight excluding hydrogens is 444 g/mol. The van der Waals surface area contributed by atoms with E-state index < -0.39 is 19.4 Å². The van der Waals surface area contributed by atoms with E-state index >= 15 is 0 Å². The smallest absolute Gasteiger partial charge is 0.308 e. The van der Waals surface area contributed by atoms with E-state index in [1.54, 1.807) is 0 Å². The fraction of sp³-hybridized carbons (Fsp3) is 0.560. The Morgan fingerprint density at radius 3 is 2.52 bits per heavy atom. The molecule has 0 saturated heterocycles. The second kappa shape index (κ2) is 11.0. The Kier molecular flexibility index (Phi) is 8.54. The number of aromatic nitrogens is 1. The van der Waals surface area contributed by atoms with Gasteiger partial charge in [0.2, 0.25) is 7.37 Å². The third-order valence-electron chi connectivity index (χ3n) is 6.40. The number of ether oxygens (including phenoxy) is 1. The molecule has 3 rings (SSSR count). The standard InChI is InChI=1S/C25H35FNO5P/c1-17(2)25-21(12-14-33(30,32-4)16-20(28)15-23(29)31-3)24(18-8-10-19(26)11-9-18)22-7-5-6-13-27(22)25/h8-11,17,20,28H,5-7,12-16H2,1-4H3/t20-,33?/m0/s1. The van der Waals surface area contributed by atoms with Crippen molar-refractivity contribution >= 4 is 13.3 Å². The van der Waals surface area contributed by atoms with Gasteiger partial charge in [0.05, 0.1) is 25.8 Å². The first-order valence-electron chi connectivity index (χ1n) is 11.6. The third kappa shape index (κ3) is 5.95. The molecule has 0 saturated carbocycles. The lowest BCUT2D eigenvalue weighted by atomic mass is 9.94. The first-order chi connectivity index (χ1) is 15.7. The molecule has 0 radical (unpaired) electrons. The zero-order chi connectivity index (χ0) is 24.2. The van der Waals surface area contributed by atoms with E-state index in [0.717, 1.165) is 42.5 Å². The zero-order valence-corrected chi connectivity index (χ0v) is 20.9. The quantitative estimate of drug-likeness (QED) is 0.377. The number of fused-ring (bicyclic) bond motifs is 1. The van der Waals surface area contributed by atoms with Gasteiger partial charge in [0.25, 0.3) is 0 Å². The summed E-state index contributed by atoms with van der Waals surface area (Å²) in [5, 5.41) is 10.3. The van der Waals surface area contributed by atoms with Crippen molar-refractivity contribution < 1.29 is 28.1 Å². The number of nitrogens with zero attached hydrogens (tertiary/aromatic N) is 1. The maximum absolute atomic E-state index is 13.6. The van der Waals surface area contributed by atoms with Crippen molar-refractivity contribution in [3.8, 4) is 11.1 Å². The molecule has 0 amide bonds. The zero-order valence-electron chi connectivity index (χ0n) is 20.0. The van der Waals surface area contributed by atoms with Crippen LogP contribution in [-0.2, 0) is 38.0 Å². The van der Waals surface area contributed by atoms with E-state index in [-0.39, 0.29) is 30.5 Å². The maximum Gasteiger partial charge on any atom is 0.308 e. The van der Waals surface area contributed by atoms with E-state index in [0.29, 0.717) is 6.42 Å². The number of halogens is 1. The lowest BCUT2D eigenvalue weighted by Gasteiger charge is -2.21. The highest BCUT2D eigenvalue weighted by Crippen LogP contribution is 2.49. The molecule has 1 aromatic heterocycles. The summed E-state index contributed by atoms with van der Waals surface area (Å²) in [5.74, 6) is -0.565. The summed E-state index contributed by atoms with van der Waals surface area (Å²) in [6.45, 7) is 5.26. The molecule has 0 aliphatic carbocycles. The summed E-state index contributed by atoms with van der Waals surface area (Å²) < 4.78 is 39.5. The highest BCUT2D eigenvalue weighted by atomic mass is 31.2. The maximum atomic E-state index is 13.6. The van der Waals surface area contributed by atoms with Crippen LogP contribution in [0.15, 0.2) is 24.3 Å². The Hall–Kier alpha value is -1.95. The number of methoxy groups -OCH3 is 1. The SMILES string of the molecule is COC(=O)C[C@H](O)CP(=O)(CCc1c(-c2ccc(F)cc2)c2n(c1C(C)C)CCCC2)OC. The normalized spacial score (nSPS) is 16.3. The Balaban J connectivity index is 1.97. The van der Waals surface area contributed by atoms with Gasteiger partial charge in [0, 0.05) is 36.8 Å². The molecular formula is C25H35FNO5P. The number of carbonyl (C=O) groups is 1. The minimum atomic E-state index is -3.19. The van der Waals surface area contributed by atoms with Crippen molar-refractivity contribution in [3.63, 3.8) is 0 Å². The van der Waals surface area contributed by atoms with Gasteiger partial charge in [-0.05, 0) is 54.9 Å². The fourth-order valence-electron chi connectivity index (χ4n) is 4.89. The summed E-state index contributed by atoms with van der Waals surface area (Å²) in [6.07, 6.45) is 2.51. The lowest BCUT2D eigenvalue weighted by Crippen LogP contribution is -2.20. The lowest BCUT2D eigenvalue weighted by molar-refractivity contribution is -0.142. The summed E-state index contributed by atoms with van der Waals surface area (Å²) in [6, 6.07) is 6.57. The molecule has 0 spiro atoms. The highest BCUT2D eigenvalue weighted by Gasteiger charge is 2.31. The van der Waals surface area contributed by atoms with Gasteiger partial charge in [-0.15, -0.1) is 0 Å². The minimum Gasteiger partial charge on any atom is -0.469 e. The summed E-state index contributed by atoms with van der Waals surface area (Å²) >= 11 is 0. The van der Waals surface area contributed by atoms with Crippen LogP contribution in [0.4, 0.5) is 4.39 Å². The first-order valence-corrected chi connectivity index (χ1v) is 13.6. The van der Waals surface area contributed by atoms with Crippen molar-refractivity contribution in [2.24, 2.45) is 0 Å². The number of esters is 1. The molecule has 1 aromatic carbocycles. The van der Waals surface area contributed by atoms with Gasteiger partial charge in [0.1, 0.15) is 5.82 Å². The van der Waals surface area contributed by atoms with E-state index in [2.05, 4.69) is 23.2 Å². The fourth-order valence-corrected chi connectivity index (χ4v) is 6.74. The van der Waals surface area contributed by atoms with Crippen LogP contribution in [0.1, 0.15) is 56.0 Å². The molecule has 2 atom stereocenters. The molecule has 1 aliphatic heterocycles. The molecule has 6 nitrogen and oxygen atoms in total. The van der Waals surface area contributed by atoms with Crippen LogP contribution in [0.25, 0.3) is 11.1 Å². The van der Waals surface area contributed by atoms with Crippen molar-refractivity contribution in [1.29, 1.82) is 0 Å². The number of aliphatic hydroxyl groups is 1. The molecule has 0 bridgehead atoms. The van der Waals surface area contributed by atoms with Gasteiger partial charge in [-0.25, -0.2) is 4.39 Å². The first kappa shape index (κ1) is 25.7. The van der Waals surface area contributed by atoms with Gasteiger partial charge in [0.15, 0.2) is 0 Å². The Bertz CT molecular complexity index is 1010. The molecule has 2 aromatic rings. The number of rotatable bonds is 10. The molecule has 182 valence electrons. The van der Waals surface area contributed by atoms with Crippen molar-refractivity contribution in [3.05, 3.63) is 47.0 Å². The second-order valence-corrected chi connectivity index (χ2v) is 11.8. The molecule has 33 heavy (non-hydrogen) atoms. The van der Waals surface area contributed by atoms with E-state index in [1.165, 1.54) is 37.7 Å². The molecule has 2 heterocycles. The number of hydrogen-bond acceptors (Lipinski definition) is 5. The van der Waals surface area contributed by atoms with E-state index in [9.17, 15) is 18.9 Å². The van der Waals surface area contributed by atoms with Crippen LogP contribution in [0.3, 0.4) is 0 Å². The van der Waals surface area contributed by atoms with Gasteiger partial charge < -0.3 is 18.9 Å². The van der Waals surface area contributed by atoms with Crippen LogP contribution in [0.2, 0.25) is 0 Å². The van der Waals surface area contributed by atoms with Gasteiger partial charge in [-0.2, -0.15) is 0 Å². The van der Waals surface area contributed by atoms with Crippen molar-refractivity contribution in [2.75, 3.05) is 26.5 Å². The average molecular weight is 480 g/mol. The second-order valence-electron chi connectivity index (χ2n) is 9.04. The Morgan fingerprint density at radius 1 is 1.21 bits per heavy atom. The third-order valence-corrected chi connectivity index (χ3v) is 8.94. The topological polar surface area (TPSA) is 77.8 Å². The van der Waals surface area contributed by atoms with Crippen LogP contribution >= 0.6 is 7.37 Å². The Morgan fingerprint density at radius 2 is 1.91 bits per heavy atom. The molecule has 0 fully saturated rings. The predicted octanol–water partition coefficient (Wildman–Crippen LogP) is 5.14. The summed E-state index contributed by atoms with van der Waals surface area (Å²) in [4.78, 5) is 11.5. The van der Waals surface area contributed by atoms with Crippen LogP contribution in [-0.4, -0.2) is 48.3 Å². The molecule has 1 aliphatic rings. The number of carbonyl (C=O) groups excluding carboxylic acids is 1. The molecule has 1 unspecified atom stereocenters. The van der Waals surface area contributed by atoms with E-state index in [1.807, 2.05) is 12.1 Å². The largest absolute Gasteiger partial charge is 0.469 e. The minimum absolute atomic E-state index is 0.102. The predicted molar refractivity (Wildman–Crippen MR) is 128 cm³/mol. The molecule has 8 heteroatoms. The average Bonchev–Trinajstić information content (AvgIpc) is 3.12. The number of hydrogen-bond donors (Lipinski definition) is 1. The van der Waals surface area contributed by atoms with Crippen molar-refractivity contribution in [1.82, 2.24) is 4.57 Å². The van der Waals surface area contributed by atoms with Crippen molar-refractivity contribution in [2.45, 2.75) is 64.5 Å². The van der Waals surface area contributed by atoms with Gasteiger partial charge in [-0.3, -0.25) is 9.36 Å². The number of benzene rings is 1. The highest BCUT2D eigenvalue weighted by molar-refractivity contribution is 7.59. The van der Waals surface area contributed by atoms with Gasteiger partial charge >= 0.3 is 5.97 Å². The Labute approximate surface area is 195 Å². The van der Waals surface area contributed by atoms with Crippen LogP contribution < -0.4 is 0 Å². The van der Waals surface area contributed by atoms with Crippen LogP contribution in [0, 0.1) is 5.82 Å². The monoisotopic (exact) mass is 479 g/mol. The van der Waals surface area contributed by atoms with E-state index in [4.69, 9.17) is 4.52 Å².